The minimum absolute atomic E-state index is 0.0593. The van der Waals surface area contributed by atoms with E-state index >= 15 is 0 Å². The number of amides is 2. The molecular formula is C25H24F4N4O5S. The van der Waals surface area contributed by atoms with Gasteiger partial charge in [-0.2, -0.15) is 13.2 Å². The zero-order chi connectivity index (χ0) is 28.5. The second-order valence-electron chi connectivity index (χ2n) is 9.31. The molecule has 2 amide bonds. The normalized spacial score (nSPS) is 18.0. The van der Waals surface area contributed by atoms with Gasteiger partial charge in [0.25, 0.3) is 20.9 Å². The number of carbonyl (C=O) groups excluding carboxylic acids is 1. The van der Waals surface area contributed by atoms with Gasteiger partial charge in [0, 0.05) is 17.8 Å². The summed E-state index contributed by atoms with van der Waals surface area (Å²) in [5.74, 6) is -1.51. The molecule has 1 saturated carbocycles. The molecular weight excluding hydrogens is 544 g/mol. The fourth-order valence-corrected chi connectivity index (χ4v) is 5.37. The van der Waals surface area contributed by atoms with Gasteiger partial charge >= 0.3 is 12.2 Å². The Morgan fingerprint density at radius 2 is 1.49 bits per heavy atom. The molecule has 3 aromatic rings. The fourth-order valence-electron chi connectivity index (χ4n) is 4.30. The van der Waals surface area contributed by atoms with Gasteiger partial charge in [-0.1, -0.05) is 17.7 Å². The van der Waals surface area contributed by atoms with Crippen LogP contribution in [0.5, 0.6) is 0 Å². The van der Waals surface area contributed by atoms with Gasteiger partial charge < -0.3 is 16.0 Å². The molecule has 0 unspecified atom stereocenters. The molecule has 0 atom stereocenters. The summed E-state index contributed by atoms with van der Waals surface area (Å²) in [4.78, 5) is 36.4. The summed E-state index contributed by atoms with van der Waals surface area (Å²) in [6.07, 6.45) is -3.03. The predicted octanol–water partition coefficient (Wildman–Crippen LogP) is 4.09. The topological polar surface area (TPSA) is 133 Å². The van der Waals surface area contributed by atoms with Crippen molar-refractivity contribution in [3.8, 4) is 0 Å². The second kappa shape index (κ2) is 10.7. The van der Waals surface area contributed by atoms with E-state index in [9.17, 15) is 40.4 Å². The predicted molar refractivity (Wildman–Crippen MR) is 137 cm³/mol. The maximum Gasteiger partial charge on any atom is 0.419 e. The molecule has 1 aliphatic carbocycles. The van der Waals surface area contributed by atoms with Crippen LogP contribution in [-0.4, -0.2) is 26.5 Å². The van der Waals surface area contributed by atoms with Gasteiger partial charge in [0.2, 0.25) is 0 Å². The van der Waals surface area contributed by atoms with Crippen molar-refractivity contribution in [2.24, 2.45) is 0 Å². The molecule has 1 fully saturated rings. The van der Waals surface area contributed by atoms with Crippen LogP contribution in [-0.2, 0) is 16.2 Å². The van der Waals surface area contributed by atoms with E-state index in [0.29, 0.717) is 37.8 Å². The van der Waals surface area contributed by atoms with Crippen LogP contribution in [0, 0.1) is 12.7 Å². The number of carbonyl (C=O) groups is 1. The van der Waals surface area contributed by atoms with Crippen molar-refractivity contribution in [2.75, 3.05) is 15.4 Å². The van der Waals surface area contributed by atoms with Crippen molar-refractivity contribution < 1.29 is 30.8 Å². The molecule has 3 aromatic carbocycles. The first kappa shape index (κ1) is 28.1. The van der Waals surface area contributed by atoms with Gasteiger partial charge in [0.15, 0.2) is 0 Å². The molecule has 0 aliphatic heterocycles. The van der Waals surface area contributed by atoms with Crippen molar-refractivity contribution in [1.82, 2.24) is 5.32 Å². The van der Waals surface area contributed by atoms with Crippen LogP contribution in [0.25, 0.3) is 0 Å². The quantitative estimate of drug-likeness (QED) is 0.251. The van der Waals surface area contributed by atoms with E-state index in [1.54, 1.807) is 19.1 Å². The Morgan fingerprint density at radius 1 is 0.897 bits per heavy atom. The fraction of sp³-hybridized carbons (Fsp3) is 0.320. The molecule has 208 valence electrons. The van der Waals surface area contributed by atoms with Gasteiger partial charge in [-0.25, -0.2) is 17.6 Å². The number of aryl methyl sites for hydroxylation is 1. The van der Waals surface area contributed by atoms with E-state index in [1.807, 2.05) is 0 Å². The molecule has 39 heavy (non-hydrogen) atoms. The number of hydrogen-bond donors (Lipinski definition) is 4. The third-order valence-electron chi connectivity index (χ3n) is 6.42. The lowest BCUT2D eigenvalue weighted by Crippen LogP contribution is -2.44. The maximum absolute atomic E-state index is 13.7. The highest BCUT2D eigenvalue weighted by Crippen LogP contribution is 2.32. The Labute approximate surface area is 220 Å². The molecule has 4 rings (SSSR count). The van der Waals surface area contributed by atoms with E-state index in [4.69, 9.17) is 0 Å². The van der Waals surface area contributed by atoms with E-state index in [0.717, 1.165) is 11.6 Å². The third kappa shape index (κ3) is 6.38. The van der Waals surface area contributed by atoms with E-state index < -0.39 is 44.5 Å². The molecule has 0 spiro atoms. The first-order valence-corrected chi connectivity index (χ1v) is 13.4. The third-order valence-corrected chi connectivity index (χ3v) is 7.79. The van der Waals surface area contributed by atoms with Crippen molar-refractivity contribution in [1.29, 1.82) is 0 Å². The lowest BCUT2D eigenvalue weighted by Gasteiger charge is -2.31. The molecule has 0 aromatic heterocycles. The van der Waals surface area contributed by atoms with Crippen molar-refractivity contribution >= 4 is 33.1 Å². The standard InChI is InChI=1S/C25H24F4N4O5S/c1-13-2-9-17(10-3-13)39(37,38)33-21-20(22(34)23(21)35)30-14-4-6-15(7-5-14)31-24(36)32-16-8-11-18(19(26)12-16)25(27,28)29/h2-3,8-12,14-15,30,33H,4-7H2,1H3,(H2,31,32,36). The number of hydrogen-bond acceptors (Lipinski definition) is 6. The molecule has 0 saturated heterocycles. The monoisotopic (exact) mass is 568 g/mol. The van der Waals surface area contributed by atoms with Crippen LogP contribution in [0.4, 0.5) is 39.4 Å². The minimum Gasteiger partial charge on any atom is -0.377 e. The van der Waals surface area contributed by atoms with Crippen LogP contribution < -0.4 is 31.5 Å². The first-order valence-electron chi connectivity index (χ1n) is 11.9. The Balaban J connectivity index is 1.31. The summed E-state index contributed by atoms with van der Waals surface area (Å²) in [7, 11) is -4.08. The largest absolute Gasteiger partial charge is 0.419 e. The smallest absolute Gasteiger partial charge is 0.377 e. The SMILES string of the molecule is Cc1ccc(S(=O)(=O)Nc2c(NC3CCC(NC(=O)Nc4ccc(C(F)(F)F)c(F)c4)CC3)c(=O)c2=O)cc1. The van der Waals surface area contributed by atoms with Gasteiger partial charge in [-0.05, 0) is 62.9 Å². The summed E-state index contributed by atoms with van der Waals surface area (Å²) in [5.41, 5.74) is -2.96. The number of anilines is 3. The Hall–Kier alpha value is -3.94. The van der Waals surface area contributed by atoms with Gasteiger partial charge in [0.1, 0.15) is 17.2 Å². The van der Waals surface area contributed by atoms with Gasteiger partial charge in [-0.3, -0.25) is 14.3 Å². The number of nitrogens with one attached hydrogen (secondary N) is 4. The van der Waals surface area contributed by atoms with E-state index in [-0.39, 0.29) is 34.0 Å². The highest BCUT2D eigenvalue weighted by Gasteiger charge is 2.34. The van der Waals surface area contributed by atoms with Crippen molar-refractivity contribution in [3.05, 3.63) is 79.9 Å². The highest BCUT2D eigenvalue weighted by molar-refractivity contribution is 7.92. The number of rotatable bonds is 7. The Morgan fingerprint density at radius 3 is 2.08 bits per heavy atom. The molecule has 0 heterocycles. The van der Waals surface area contributed by atoms with E-state index in [1.165, 1.54) is 12.1 Å². The van der Waals surface area contributed by atoms with Gasteiger partial charge in [0.05, 0.1) is 10.5 Å². The molecule has 0 radical (unpaired) electrons. The van der Waals surface area contributed by atoms with Crippen LogP contribution in [0.3, 0.4) is 0 Å². The Kier molecular flexibility index (Phi) is 7.68. The number of alkyl halides is 3. The Bertz CT molecular complexity index is 1560. The summed E-state index contributed by atoms with van der Waals surface area (Å²) >= 11 is 0. The lowest BCUT2D eigenvalue weighted by atomic mass is 9.91. The van der Waals surface area contributed by atoms with Crippen LogP contribution >= 0.6 is 0 Å². The van der Waals surface area contributed by atoms with Crippen LogP contribution in [0.2, 0.25) is 0 Å². The highest BCUT2D eigenvalue weighted by atomic mass is 32.2. The van der Waals surface area contributed by atoms with Crippen LogP contribution in [0.1, 0.15) is 36.8 Å². The average molecular weight is 569 g/mol. The van der Waals surface area contributed by atoms with Gasteiger partial charge in [-0.15, -0.1) is 0 Å². The summed E-state index contributed by atoms with van der Waals surface area (Å²) in [5, 5.41) is 7.89. The van der Waals surface area contributed by atoms with E-state index in [2.05, 4.69) is 20.7 Å². The number of benzene rings is 2. The summed E-state index contributed by atoms with van der Waals surface area (Å²) in [6.45, 7) is 1.79. The second-order valence-corrected chi connectivity index (χ2v) is 11.0. The molecule has 4 N–H and O–H groups in total. The number of urea groups is 1. The minimum atomic E-state index is -4.85. The molecule has 0 bridgehead atoms. The number of sulfonamides is 1. The summed E-state index contributed by atoms with van der Waals surface area (Å²) < 4.78 is 79.3. The molecule has 1 aliphatic rings. The maximum atomic E-state index is 13.7. The molecule has 9 nitrogen and oxygen atoms in total. The van der Waals surface area contributed by atoms with Crippen molar-refractivity contribution in [2.45, 2.75) is 55.8 Å². The van der Waals surface area contributed by atoms with Crippen LogP contribution in [0.15, 0.2) is 56.9 Å². The zero-order valence-corrected chi connectivity index (χ0v) is 21.3. The lowest BCUT2D eigenvalue weighted by molar-refractivity contribution is -0.139. The zero-order valence-electron chi connectivity index (χ0n) is 20.5. The number of halogens is 4. The summed E-state index contributed by atoms with van der Waals surface area (Å²) in [6, 6.07) is 6.73. The van der Waals surface area contributed by atoms with Crippen molar-refractivity contribution in [3.63, 3.8) is 0 Å². The average Bonchev–Trinajstić information content (AvgIpc) is 2.86. The molecule has 14 heteroatoms. The first-order chi connectivity index (χ1) is 18.2.